The van der Waals surface area contributed by atoms with E-state index in [0.717, 1.165) is 16.5 Å². The van der Waals surface area contributed by atoms with Gasteiger partial charge in [0.25, 0.3) is 0 Å². The van der Waals surface area contributed by atoms with Gasteiger partial charge in [0.05, 0.1) is 11.1 Å². The van der Waals surface area contributed by atoms with Crippen LogP contribution in [0.2, 0.25) is 10.2 Å². The first kappa shape index (κ1) is 37.8. The van der Waals surface area contributed by atoms with Gasteiger partial charge in [0.2, 0.25) is 17.7 Å². The van der Waals surface area contributed by atoms with Gasteiger partial charge in [0.1, 0.15) is 29.1 Å². The number of rotatable bonds is 4. The zero-order valence-corrected chi connectivity index (χ0v) is 30.2. The van der Waals surface area contributed by atoms with E-state index in [1.807, 2.05) is 44.2 Å². The van der Waals surface area contributed by atoms with Crippen LogP contribution < -0.4 is 10.6 Å². The monoisotopic (exact) mass is 714 g/mol. The van der Waals surface area contributed by atoms with Crippen molar-refractivity contribution in [2.45, 2.75) is 77.8 Å². The number of halogens is 2. The number of allylic oxidation sites excluding steroid dienone is 1. The predicted octanol–water partition coefficient (Wildman–Crippen LogP) is 5.48. The second-order valence-corrected chi connectivity index (χ2v) is 13.6. The molecule has 2 heterocycles. The fraction of sp³-hybridized carbons (Fsp3) is 0.444. The van der Waals surface area contributed by atoms with Gasteiger partial charge in [-0.1, -0.05) is 73.0 Å². The summed E-state index contributed by atoms with van der Waals surface area (Å²) in [5.41, 5.74) is 2.61. The Balaban J connectivity index is 1.84. The number of aromatic nitrogens is 1. The van der Waals surface area contributed by atoms with Crippen molar-refractivity contribution in [3.8, 4) is 5.75 Å². The molecule has 0 bridgehead atoms. The Kier molecular flexibility index (Phi) is 12.4. The van der Waals surface area contributed by atoms with Crippen molar-refractivity contribution < 1.29 is 33.8 Å². The summed E-state index contributed by atoms with van der Waals surface area (Å²) in [4.78, 5) is 59.7. The average molecular weight is 716 g/mol. The number of amides is 3. The number of para-hydroxylation sites is 1. The maximum atomic E-state index is 14.5. The number of fused-ring (bicyclic) bond motifs is 1. The van der Waals surface area contributed by atoms with E-state index >= 15 is 0 Å². The highest BCUT2D eigenvalue weighted by molar-refractivity contribution is 6.32. The van der Waals surface area contributed by atoms with E-state index in [1.165, 1.54) is 37.3 Å². The topological polar surface area (TPSA) is 150 Å². The maximum absolute atomic E-state index is 14.5. The van der Waals surface area contributed by atoms with Gasteiger partial charge < -0.3 is 35.1 Å². The molecule has 49 heavy (non-hydrogen) atoms. The number of hydrogen-bond donors (Lipinski definition) is 4. The fourth-order valence-corrected chi connectivity index (χ4v) is 6.57. The summed E-state index contributed by atoms with van der Waals surface area (Å²) in [7, 11) is 2.80. The van der Waals surface area contributed by atoms with Crippen LogP contribution in [-0.4, -0.2) is 77.1 Å². The third-order valence-corrected chi connectivity index (χ3v) is 9.71. The minimum Gasteiger partial charge on any atom is -0.506 e. The smallest absolute Gasteiger partial charge is 0.338 e. The van der Waals surface area contributed by atoms with Crippen molar-refractivity contribution in [1.82, 2.24) is 20.5 Å². The second-order valence-electron chi connectivity index (χ2n) is 12.8. The zero-order valence-electron chi connectivity index (χ0n) is 28.7. The average Bonchev–Trinajstić information content (AvgIpc) is 3.37. The fourth-order valence-electron chi connectivity index (χ4n) is 6.10. The van der Waals surface area contributed by atoms with Crippen LogP contribution in [0.5, 0.6) is 5.75 Å². The van der Waals surface area contributed by atoms with E-state index < -0.39 is 54.0 Å². The number of likely N-dealkylation sites (N-methyl/N-ethyl adjacent to an activating group) is 1. The maximum Gasteiger partial charge on any atom is 0.338 e. The second kappa shape index (κ2) is 16.1. The number of benzene rings is 2. The van der Waals surface area contributed by atoms with Crippen LogP contribution in [0.15, 0.2) is 54.1 Å². The van der Waals surface area contributed by atoms with E-state index in [1.54, 1.807) is 20.8 Å². The van der Waals surface area contributed by atoms with Crippen molar-refractivity contribution in [1.29, 1.82) is 0 Å². The van der Waals surface area contributed by atoms with E-state index in [0.29, 0.717) is 22.7 Å². The van der Waals surface area contributed by atoms with Gasteiger partial charge in [-0.05, 0) is 56.5 Å². The number of phenolic OH excluding ortho intramolecular Hbond substituents is 1. The number of H-pyrrole nitrogens is 1. The molecule has 11 nitrogen and oxygen atoms in total. The Labute approximate surface area is 296 Å². The summed E-state index contributed by atoms with van der Waals surface area (Å²) in [6.07, 6.45) is 0.400. The van der Waals surface area contributed by atoms with Crippen molar-refractivity contribution >= 4 is 57.8 Å². The zero-order chi connectivity index (χ0) is 36.2. The van der Waals surface area contributed by atoms with Gasteiger partial charge in [0, 0.05) is 43.3 Å². The minimum atomic E-state index is -1.35. The molecule has 3 aromatic rings. The number of cyclic esters (lactones) is 1. The van der Waals surface area contributed by atoms with E-state index in [9.17, 15) is 24.3 Å². The van der Waals surface area contributed by atoms with Crippen LogP contribution in [0.3, 0.4) is 0 Å². The summed E-state index contributed by atoms with van der Waals surface area (Å²) < 4.78 is 11.5. The molecular formula is C36H44Cl2N4O7. The number of ether oxygens (including phenoxy) is 2. The molecule has 0 radical (unpaired) electrons. The van der Waals surface area contributed by atoms with Crippen LogP contribution >= 0.6 is 23.2 Å². The Morgan fingerprint density at radius 2 is 1.69 bits per heavy atom. The van der Waals surface area contributed by atoms with Crippen LogP contribution in [0.1, 0.15) is 58.2 Å². The Hall–Kier alpha value is -4.06. The summed E-state index contributed by atoms with van der Waals surface area (Å²) in [5, 5.41) is 16.9. The summed E-state index contributed by atoms with van der Waals surface area (Å²) in [6, 6.07) is 8.36. The number of methoxy groups -OCH3 is 1. The number of nitrogens with one attached hydrogen (secondary N) is 3. The highest BCUT2D eigenvalue weighted by atomic mass is 35.5. The number of phenols is 1. The van der Waals surface area contributed by atoms with Gasteiger partial charge in [-0.2, -0.15) is 0 Å². The summed E-state index contributed by atoms with van der Waals surface area (Å²) in [5.74, 6) is -3.10. The number of aromatic amines is 1. The predicted molar refractivity (Wildman–Crippen MR) is 188 cm³/mol. The molecule has 1 aliphatic rings. The third kappa shape index (κ3) is 8.76. The molecule has 13 heteroatoms. The van der Waals surface area contributed by atoms with Crippen LogP contribution in [0.4, 0.5) is 0 Å². The number of carbonyl (C=O) groups is 4. The van der Waals surface area contributed by atoms with Crippen LogP contribution in [0, 0.1) is 11.8 Å². The van der Waals surface area contributed by atoms with Crippen molar-refractivity contribution in [3.63, 3.8) is 0 Å². The molecule has 4 N–H and O–H groups in total. The molecule has 4 rings (SSSR count). The Morgan fingerprint density at radius 1 is 1.00 bits per heavy atom. The standard InChI is InChI=1S/C36H44Cl2N4O7/c1-18-14-19(2)22(5)49-36(47)31(48-7)30(23-12-13-29(43)26(37)16-23)41-34(45)28(17-25-24-10-8-9-11-27(24)40-32(25)38)42(6)35(46)21(4)39-33(44)20(3)15-18/h8-14,16,19-22,28,30-31,40,43H,15,17H2,1-7H3,(H,39,44)(H,41,45)/b18-14+/t19-,20+,21+,22-,28-,30+,31+/m1/s1. The lowest BCUT2D eigenvalue weighted by molar-refractivity contribution is -0.164. The van der Waals surface area contributed by atoms with Crippen molar-refractivity contribution in [2.24, 2.45) is 11.8 Å². The van der Waals surface area contributed by atoms with Gasteiger partial charge in [-0.25, -0.2) is 4.79 Å². The molecular weight excluding hydrogens is 671 g/mol. The van der Waals surface area contributed by atoms with Crippen LogP contribution in [0.25, 0.3) is 10.9 Å². The largest absolute Gasteiger partial charge is 0.506 e. The SMILES string of the molecule is CO[C@@H]1C(=O)O[C@H](C)[C@H](C)/C=C(\C)C[C@H](C)C(=O)N[C@@H](C)C(=O)N(C)[C@H](Cc2c(Cl)[nH]c3ccccc23)C(=O)N[C@H]1c1ccc(O)c(Cl)c1. The van der Waals surface area contributed by atoms with E-state index in [-0.39, 0.29) is 29.0 Å². The third-order valence-electron chi connectivity index (χ3n) is 9.09. The number of esters is 1. The number of aromatic hydroxyl groups is 1. The lowest BCUT2D eigenvalue weighted by Gasteiger charge is -2.33. The molecule has 2 aromatic carbocycles. The van der Waals surface area contributed by atoms with Gasteiger partial charge in [-0.3, -0.25) is 14.4 Å². The van der Waals surface area contributed by atoms with Crippen molar-refractivity contribution in [2.75, 3.05) is 14.2 Å². The molecule has 0 saturated heterocycles. The lowest BCUT2D eigenvalue weighted by atomic mass is 9.95. The van der Waals surface area contributed by atoms with Gasteiger partial charge in [-0.15, -0.1) is 0 Å². The molecule has 0 saturated carbocycles. The first-order chi connectivity index (χ1) is 23.1. The summed E-state index contributed by atoms with van der Waals surface area (Å²) in [6.45, 7) is 8.88. The Bertz CT molecular complexity index is 1740. The molecule has 1 aromatic heterocycles. The molecule has 0 fully saturated rings. The van der Waals surface area contributed by atoms with Crippen molar-refractivity contribution in [3.05, 3.63) is 75.4 Å². The molecule has 1 aliphatic heterocycles. The number of hydrogen-bond acceptors (Lipinski definition) is 7. The normalized spacial score (nSPS) is 27.8. The highest BCUT2D eigenvalue weighted by Gasteiger charge is 2.38. The van der Waals surface area contributed by atoms with Gasteiger partial charge >= 0.3 is 5.97 Å². The lowest BCUT2D eigenvalue weighted by Crippen LogP contribution is -2.56. The quantitative estimate of drug-likeness (QED) is 0.207. The molecule has 0 aliphatic carbocycles. The van der Waals surface area contributed by atoms with Crippen LogP contribution in [-0.2, 0) is 35.1 Å². The summed E-state index contributed by atoms with van der Waals surface area (Å²) >= 11 is 12.9. The number of carbonyl (C=O) groups excluding carboxylic acids is 4. The van der Waals surface area contributed by atoms with E-state index in [2.05, 4.69) is 15.6 Å². The molecule has 0 unspecified atom stereocenters. The van der Waals surface area contributed by atoms with Gasteiger partial charge in [0.15, 0.2) is 6.10 Å². The number of nitrogens with zero attached hydrogens (tertiary/aromatic N) is 1. The highest BCUT2D eigenvalue weighted by Crippen LogP contribution is 2.32. The molecule has 3 amide bonds. The van der Waals surface area contributed by atoms with E-state index in [4.69, 9.17) is 32.7 Å². The first-order valence-electron chi connectivity index (χ1n) is 16.1. The first-order valence-corrected chi connectivity index (χ1v) is 16.9. The minimum absolute atomic E-state index is 0.00903. The molecule has 264 valence electrons. The molecule has 0 spiro atoms. The molecule has 7 atom stereocenters. The Morgan fingerprint density at radius 3 is 2.37 bits per heavy atom.